The van der Waals surface area contributed by atoms with Crippen LogP contribution in [0.5, 0.6) is 0 Å². The summed E-state index contributed by atoms with van der Waals surface area (Å²) >= 11 is 0. The van der Waals surface area contributed by atoms with E-state index in [-0.39, 0.29) is 24.8 Å². The van der Waals surface area contributed by atoms with Crippen LogP contribution >= 0.6 is 0 Å². The first-order valence-electron chi connectivity index (χ1n) is 0.707. The minimum absolute atomic E-state index is 0. The molecule has 26 valence electrons. The zero-order valence-corrected chi connectivity index (χ0v) is 4.39. The molecule has 0 N–H and O–H groups in total. The first-order chi connectivity index (χ1) is 1.00. The molecule has 0 fully saturated rings. The van der Waals surface area contributed by atoms with Gasteiger partial charge in [-0.25, -0.2) is 0 Å². The first-order valence-corrected chi connectivity index (χ1v) is 0.707. The van der Waals surface area contributed by atoms with Gasteiger partial charge in [0.2, 0.25) is 0 Å². The van der Waals surface area contributed by atoms with Crippen molar-refractivity contribution in [1.29, 1.82) is 0 Å². The van der Waals surface area contributed by atoms with E-state index in [0.717, 1.165) is 0 Å². The van der Waals surface area contributed by atoms with Gasteiger partial charge in [-0.15, -0.1) is 0 Å². The van der Waals surface area contributed by atoms with Gasteiger partial charge in [-0.05, 0) is 0 Å². The molecule has 0 aromatic carbocycles. The van der Waals surface area contributed by atoms with Crippen LogP contribution in [0.4, 0.5) is 0 Å². The van der Waals surface area contributed by atoms with Crippen LogP contribution in [-0.2, 0) is 17.4 Å². The molecule has 0 saturated heterocycles. The van der Waals surface area contributed by atoms with Crippen LogP contribution in [0.15, 0.2) is 0 Å². The molecule has 0 aliphatic carbocycles. The molecular formula is C3H8Cr. The first kappa shape index (κ1) is 24.1. The average Bonchev–Trinajstić information content (AvgIpc) is 1.00. The summed E-state index contributed by atoms with van der Waals surface area (Å²) in [5, 5.41) is 0. The number of rotatable bonds is 0. The van der Waals surface area contributed by atoms with Gasteiger partial charge in [0.25, 0.3) is 0 Å². The molecule has 0 aromatic heterocycles. The Hall–Kier alpha value is 0.532. The molecule has 0 heterocycles. The van der Waals surface area contributed by atoms with Crippen molar-refractivity contribution in [1.82, 2.24) is 0 Å². The Kier molecular flexibility index (Phi) is 481. The van der Waals surface area contributed by atoms with Gasteiger partial charge < -0.3 is 14.4 Å². The maximum atomic E-state index is 3.25. The summed E-state index contributed by atoms with van der Waals surface area (Å²) in [4.78, 5) is 0. The van der Waals surface area contributed by atoms with Crippen molar-refractivity contribution >= 4 is 0 Å². The molecule has 0 radical (unpaired) electrons. The maximum Gasteiger partial charge on any atom is 2.00 e. The van der Waals surface area contributed by atoms with E-state index in [1.807, 2.05) is 0 Å². The van der Waals surface area contributed by atoms with Crippen molar-refractivity contribution in [3.63, 3.8) is 0 Å². The van der Waals surface area contributed by atoms with E-state index in [4.69, 9.17) is 0 Å². The Bertz CT molecular complexity index is 3.25. The van der Waals surface area contributed by atoms with Crippen molar-refractivity contribution in [2.24, 2.45) is 0 Å². The van der Waals surface area contributed by atoms with Gasteiger partial charge in [0, 0.05) is 0 Å². The van der Waals surface area contributed by atoms with Gasteiger partial charge in [0.05, 0.1) is 0 Å². The molecule has 0 nitrogen and oxygen atoms in total. The van der Waals surface area contributed by atoms with Crippen LogP contribution in [0.1, 0.15) is 6.92 Å². The summed E-state index contributed by atoms with van der Waals surface area (Å²) in [6.45, 7) is 5.00. The van der Waals surface area contributed by atoms with Gasteiger partial charge >= 0.3 is 17.4 Å². The van der Waals surface area contributed by atoms with Crippen LogP contribution in [0, 0.1) is 14.4 Å². The molecule has 0 amide bonds. The molecule has 0 spiro atoms. The zero-order chi connectivity index (χ0) is 2.00. The van der Waals surface area contributed by atoms with Crippen LogP contribution in [0.25, 0.3) is 0 Å². The quantitative estimate of drug-likeness (QED) is 0.398. The molecule has 0 bridgehead atoms. The van der Waals surface area contributed by atoms with Crippen molar-refractivity contribution in [3.8, 4) is 0 Å². The van der Waals surface area contributed by atoms with E-state index in [2.05, 4.69) is 6.92 Å². The van der Waals surface area contributed by atoms with Gasteiger partial charge in [0.1, 0.15) is 0 Å². The Morgan fingerprint density at radius 3 is 1.25 bits per heavy atom. The van der Waals surface area contributed by atoms with E-state index in [9.17, 15) is 0 Å². The molecule has 0 rings (SSSR count). The molecule has 1 heteroatoms. The minimum Gasteiger partial charge on any atom is -0.358 e. The maximum absolute atomic E-state index is 3.25. The second-order valence-corrected chi connectivity index (χ2v) is 0. The van der Waals surface area contributed by atoms with E-state index in [1.54, 1.807) is 6.92 Å². The normalized spacial score (nSPS) is 1.50. The summed E-state index contributed by atoms with van der Waals surface area (Å²) in [6.07, 6.45) is 0. The SMILES string of the molecule is [CH2-]C.[CH3-].[Cr+2]. The minimum atomic E-state index is 0. The fourth-order valence-electron chi connectivity index (χ4n) is 0. The Morgan fingerprint density at radius 2 is 1.25 bits per heavy atom. The molecule has 4 heavy (non-hydrogen) atoms. The summed E-state index contributed by atoms with van der Waals surface area (Å²) in [5.74, 6) is 0. The third-order valence-electron chi connectivity index (χ3n) is 0. The van der Waals surface area contributed by atoms with Gasteiger partial charge in [0.15, 0.2) is 0 Å². The van der Waals surface area contributed by atoms with Crippen LogP contribution < -0.4 is 0 Å². The summed E-state index contributed by atoms with van der Waals surface area (Å²) < 4.78 is 0. The molecule has 0 unspecified atom stereocenters. The van der Waals surface area contributed by atoms with Crippen molar-refractivity contribution < 1.29 is 17.4 Å². The molecule has 0 atom stereocenters. The predicted molar refractivity (Wildman–Crippen MR) is 17.4 cm³/mol. The fourth-order valence-corrected chi connectivity index (χ4v) is 0. The van der Waals surface area contributed by atoms with Crippen molar-refractivity contribution in [2.45, 2.75) is 6.92 Å². The Labute approximate surface area is 39.3 Å². The molecule has 0 saturated carbocycles. The fraction of sp³-hybridized carbons (Fsp3) is 0.333. The van der Waals surface area contributed by atoms with Gasteiger partial charge in [-0.1, -0.05) is 0 Å². The summed E-state index contributed by atoms with van der Waals surface area (Å²) in [7, 11) is 0. The third kappa shape index (κ3) is 21.0. The second kappa shape index (κ2) is 79.9. The van der Waals surface area contributed by atoms with Gasteiger partial charge in [-0.3, -0.25) is 0 Å². The van der Waals surface area contributed by atoms with E-state index in [0.29, 0.717) is 0 Å². The Balaban J connectivity index is -0.00000000500. The largest absolute Gasteiger partial charge is 2.00 e. The van der Waals surface area contributed by atoms with Gasteiger partial charge in [-0.2, -0.15) is 6.92 Å². The molecule has 0 aromatic rings. The monoisotopic (exact) mass is 96.0 g/mol. The van der Waals surface area contributed by atoms with Crippen LogP contribution in [0.2, 0.25) is 0 Å². The van der Waals surface area contributed by atoms with Crippen LogP contribution in [0.3, 0.4) is 0 Å². The Morgan fingerprint density at radius 1 is 1.25 bits per heavy atom. The topological polar surface area (TPSA) is 0 Å². The molecule has 0 aliphatic heterocycles. The van der Waals surface area contributed by atoms with E-state index < -0.39 is 0 Å². The second-order valence-electron chi connectivity index (χ2n) is 0. The number of hydrogen-bond donors (Lipinski definition) is 0. The summed E-state index contributed by atoms with van der Waals surface area (Å²) in [5.41, 5.74) is 0. The molecule has 0 aliphatic rings. The zero-order valence-electron chi connectivity index (χ0n) is 3.12. The average molecular weight is 96.1 g/mol. The van der Waals surface area contributed by atoms with Crippen molar-refractivity contribution in [2.75, 3.05) is 0 Å². The number of hydrogen-bond acceptors (Lipinski definition) is 0. The summed E-state index contributed by atoms with van der Waals surface area (Å²) in [6, 6.07) is 0. The third-order valence-corrected chi connectivity index (χ3v) is 0. The van der Waals surface area contributed by atoms with Crippen LogP contribution in [-0.4, -0.2) is 0 Å². The van der Waals surface area contributed by atoms with Crippen molar-refractivity contribution in [3.05, 3.63) is 14.4 Å². The smallest absolute Gasteiger partial charge is 0.358 e. The predicted octanol–water partition coefficient (Wildman–Crippen LogP) is 1.29. The van der Waals surface area contributed by atoms with E-state index >= 15 is 0 Å². The molecular weight excluding hydrogens is 88.0 g/mol. The van der Waals surface area contributed by atoms with E-state index in [1.165, 1.54) is 0 Å². The standard InChI is InChI=1S/C2H5.CH3.Cr/c1-2;;/h1H2,2H3;1H3;/q2*-1;+2.